The van der Waals surface area contributed by atoms with Gasteiger partial charge in [-0.3, -0.25) is 9.59 Å². The molecule has 1 aliphatic carbocycles. The minimum Gasteiger partial charge on any atom is -0.507 e. The second kappa shape index (κ2) is 9.87. The predicted molar refractivity (Wildman–Crippen MR) is 127 cm³/mol. The Morgan fingerprint density at radius 3 is 2.42 bits per heavy atom. The van der Waals surface area contributed by atoms with Gasteiger partial charge >= 0.3 is 0 Å². The minimum absolute atomic E-state index is 0.0350. The Morgan fingerprint density at radius 1 is 1.12 bits per heavy atom. The third-order valence-corrected chi connectivity index (χ3v) is 6.59. The monoisotopic (exact) mass is 469 g/mol. The Morgan fingerprint density at radius 2 is 1.82 bits per heavy atom. The third-order valence-electron chi connectivity index (χ3n) is 6.29. The smallest absolute Gasteiger partial charge is 0.295 e. The summed E-state index contributed by atoms with van der Waals surface area (Å²) in [6.07, 6.45) is 4.61. The van der Waals surface area contributed by atoms with Crippen molar-refractivity contribution in [3.05, 3.63) is 64.2 Å². The van der Waals surface area contributed by atoms with Gasteiger partial charge in [0.2, 0.25) is 0 Å². The number of methoxy groups -OCH3 is 1. The van der Waals surface area contributed by atoms with Gasteiger partial charge in [-0.2, -0.15) is 0 Å². The lowest BCUT2D eigenvalue weighted by atomic mass is 9.94. The summed E-state index contributed by atoms with van der Waals surface area (Å²) in [7, 11) is 1.50. The van der Waals surface area contributed by atoms with Crippen LogP contribution in [0.1, 0.15) is 56.2 Å². The van der Waals surface area contributed by atoms with Crippen LogP contribution in [0.5, 0.6) is 11.5 Å². The quantitative estimate of drug-likeness (QED) is 0.329. The van der Waals surface area contributed by atoms with E-state index in [9.17, 15) is 14.7 Å². The van der Waals surface area contributed by atoms with E-state index in [0.29, 0.717) is 22.9 Å². The van der Waals surface area contributed by atoms with Crippen LogP contribution in [0.4, 0.5) is 0 Å². The van der Waals surface area contributed by atoms with Crippen molar-refractivity contribution in [2.75, 3.05) is 13.7 Å². The molecule has 0 bridgehead atoms. The number of ketones is 1. The van der Waals surface area contributed by atoms with E-state index < -0.39 is 17.7 Å². The van der Waals surface area contributed by atoms with E-state index >= 15 is 0 Å². The molecule has 6 nitrogen and oxygen atoms in total. The zero-order chi connectivity index (χ0) is 23.5. The van der Waals surface area contributed by atoms with Crippen molar-refractivity contribution in [3.63, 3.8) is 0 Å². The van der Waals surface area contributed by atoms with E-state index in [4.69, 9.17) is 21.1 Å². The van der Waals surface area contributed by atoms with Gasteiger partial charge in [-0.1, -0.05) is 43.5 Å². The number of Topliss-reactive ketones (excluding diaryl/α,β-unsaturated/α-hetero) is 1. The molecule has 2 aromatic rings. The van der Waals surface area contributed by atoms with Crippen LogP contribution in [0.15, 0.2) is 48.0 Å². The maximum Gasteiger partial charge on any atom is 0.295 e. The first-order chi connectivity index (χ1) is 16.0. The Balaban J connectivity index is 1.81. The van der Waals surface area contributed by atoms with Crippen LogP contribution in [-0.2, 0) is 9.59 Å². The van der Waals surface area contributed by atoms with Crippen LogP contribution < -0.4 is 9.47 Å². The molecule has 1 unspecified atom stereocenters. The molecular weight excluding hydrogens is 442 g/mol. The number of rotatable bonds is 7. The number of hydrogen-bond acceptors (Lipinski definition) is 5. The van der Waals surface area contributed by atoms with Crippen LogP contribution in [0.25, 0.3) is 5.76 Å². The highest BCUT2D eigenvalue weighted by atomic mass is 35.5. The number of carbonyl (C=O) groups is 2. The lowest BCUT2D eigenvalue weighted by Gasteiger charge is -2.30. The van der Waals surface area contributed by atoms with Gasteiger partial charge in [0.05, 0.1) is 30.4 Å². The SMILES string of the molecule is CCCOc1ccc(C2/C(=C(/O)c3ccc(OC)c(Cl)c3)C(=O)C(=O)N2C2CCCC2)cc1. The molecule has 4 rings (SSSR count). The van der Waals surface area contributed by atoms with Crippen molar-refractivity contribution in [3.8, 4) is 11.5 Å². The summed E-state index contributed by atoms with van der Waals surface area (Å²) in [6.45, 7) is 2.65. The fraction of sp³-hybridized carbons (Fsp3) is 0.385. The molecule has 33 heavy (non-hydrogen) atoms. The maximum absolute atomic E-state index is 13.2. The van der Waals surface area contributed by atoms with Crippen molar-refractivity contribution in [1.82, 2.24) is 4.90 Å². The second-order valence-corrected chi connectivity index (χ2v) is 8.82. The fourth-order valence-electron chi connectivity index (χ4n) is 4.67. The number of likely N-dealkylation sites (tertiary alicyclic amines) is 1. The largest absolute Gasteiger partial charge is 0.507 e. The van der Waals surface area contributed by atoms with Crippen molar-refractivity contribution in [2.45, 2.75) is 51.1 Å². The van der Waals surface area contributed by atoms with Crippen LogP contribution >= 0.6 is 11.6 Å². The van der Waals surface area contributed by atoms with E-state index in [1.54, 1.807) is 17.0 Å². The van der Waals surface area contributed by atoms with Gasteiger partial charge < -0.3 is 19.5 Å². The van der Waals surface area contributed by atoms with Gasteiger partial charge in [-0.25, -0.2) is 0 Å². The zero-order valence-electron chi connectivity index (χ0n) is 18.8. The Kier molecular flexibility index (Phi) is 6.94. The summed E-state index contributed by atoms with van der Waals surface area (Å²) in [5, 5.41) is 11.5. The second-order valence-electron chi connectivity index (χ2n) is 8.41. The first-order valence-electron chi connectivity index (χ1n) is 11.3. The van der Waals surface area contributed by atoms with E-state index in [1.165, 1.54) is 13.2 Å². The number of aliphatic hydroxyl groups excluding tert-OH is 1. The van der Waals surface area contributed by atoms with E-state index in [2.05, 4.69) is 0 Å². The number of carbonyl (C=O) groups excluding carboxylic acids is 2. The molecule has 7 heteroatoms. The molecule has 2 fully saturated rings. The number of halogens is 1. The number of benzene rings is 2. The highest BCUT2D eigenvalue weighted by molar-refractivity contribution is 6.46. The van der Waals surface area contributed by atoms with Gasteiger partial charge in [-0.15, -0.1) is 0 Å². The average molecular weight is 470 g/mol. The Labute approximate surface area is 198 Å². The summed E-state index contributed by atoms with van der Waals surface area (Å²) in [6, 6.07) is 11.5. The van der Waals surface area contributed by atoms with Crippen molar-refractivity contribution in [2.24, 2.45) is 0 Å². The zero-order valence-corrected chi connectivity index (χ0v) is 19.6. The lowest BCUT2D eigenvalue weighted by molar-refractivity contribution is -0.141. The van der Waals surface area contributed by atoms with Gasteiger partial charge in [0.25, 0.3) is 11.7 Å². The summed E-state index contributed by atoms with van der Waals surface area (Å²) >= 11 is 6.26. The van der Waals surface area contributed by atoms with Gasteiger partial charge in [-0.05, 0) is 55.2 Å². The number of ether oxygens (including phenoxy) is 2. The summed E-state index contributed by atoms with van der Waals surface area (Å²) in [4.78, 5) is 28.0. The standard InChI is InChI=1S/C26H28ClNO5/c1-3-14-33-19-11-8-16(9-12-19)23-22(24(29)17-10-13-21(32-2)20(27)15-17)25(30)26(31)28(23)18-6-4-5-7-18/h8-13,15,18,23,29H,3-7,14H2,1-2H3/b24-22-. The number of amides is 1. The minimum atomic E-state index is -0.678. The molecule has 0 aromatic heterocycles. The molecular formula is C26H28ClNO5. The topological polar surface area (TPSA) is 76.1 Å². The first-order valence-corrected chi connectivity index (χ1v) is 11.7. The number of hydrogen-bond donors (Lipinski definition) is 1. The van der Waals surface area contributed by atoms with Gasteiger partial charge in [0.15, 0.2) is 0 Å². The molecule has 1 amide bonds. The molecule has 0 spiro atoms. The molecule has 2 aromatic carbocycles. The third kappa shape index (κ3) is 4.44. The van der Waals surface area contributed by atoms with Crippen molar-refractivity contribution in [1.29, 1.82) is 0 Å². The molecule has 1 N–H and O–H groups in total. The predicted octanol–water partition coefficient (Wildman–Crippen LogP) is 5.50. The highest BCUT2D eigenvalue weighted by Crippen LogP contribution is 2.44. The van der Waals surface area contributed by atoms with Crippen LogP contribution in [0.2, 0.25) is 5.02 Å². The van der Waals surface area contributed by atoms with Crippen LogP contribution in [-0.4, -0.2) is 41.5 Å². The number of aliphatic hydroxyl groups is 1. The van der Waals surface area contributed by atoms with Crippen LogP contribution in [0.3, 0.4) is 0 Å². The normalized spacial score (nSPS) is 20.5. The van der Waals surface area contributed by atoms with E-state index in [-0.39, 0.29) is 17.4 Å². The number of nitrogens with zero attached hydrogens (tertiary/aromatic N) is 1. The molecule has 1 saturated carbocycles. The molecule has 1 atom stereocenters. The molecule has 1 heterocycles. The van der Waals surface area contributed by atoms with Crippen molar-refractivity contribution >= 4 is 29.1 Å². The first kappa shape index (κ1) is 23.2. The van der Waals surface area contributed by atoms with E-state index in [0.717, 1.165) is 43.4 Å². The average Bonchev–Trinajstić information content (AvgIpc) is 3.44. The summed E-state index contributed by atoms with van der Waals surface area (Å²) in [5.41, 5.74) is 1.19. The fourth-order valence-corrected chi connectivity index (χ4v) is 4.93. The molecule has 174 valence electrons. The summed E-state index contributed by atoms with van der Waals surface area (Å²) < 4.78 is 10.9. The Bertz CT molecular complexity index is 1070. The lowest BCUT2D eigenvalue weighted by Crippen LogP contribution is -2.37. The summed E-state index contributed by atoms with van der Waals surface area (Å²) in [5.74, 6) is -0.309. The van der Waals surface area contributed by atoms with E-state index in [1.807, 2.05) is 31.2 Å². The highest BCUT2D eigenvalue weighted by Gasteiger charge is 2.49. The molecule has 0 radical (unpaired) electrons. The maximum atomic E-state index is 13.2. The van der Waals surface area contributed by atoms with Gasteiger partial charge in [0.1, 0.15) is 17.3 Å². The molecule has 1 aliphatic heterocycles. The van der Waals surface area contributed by atoms with Crippen molar-refractivity contribution < 1.29 is 24.2 Å². The van der Waals surface area contributed by atoms with Crippen LogP contribution in [0, 0.1) is 0 Å². The molecule has 2 aliphatic rings. The Hall–Kier alpha value is -2.99. The molecule has 1 saturated heterocycles. The van der Waals surface area contributed by atoms with Gasteiger partial charge in [0, 0.05) is 11.6 Å².